The highest BCUT2D eigenvalue weighted by atomic mass is 35.5. The Labute approximate surface area is 122 Å². The van der Waals surface area contributed by atoms with Crippen LogP contribution in [0.4, 0.5) is 5.82 Å². The standard InChI is InChI=1S/C14H13Cl2N3/c1-10-4-2-5-11(13(10)16)12-6-9-18-19-14(12)17-8-3-7-15/h2-7,9H,8H2,1H3,(H,17,19). The molecule has 2 aromatic rings. The van der Waals surface area contributed by atoms with Gasteiger partial charge in [-0.15, -0.1) is 5.10 Å². The summed E-state index contributed by atoms with van der Waals surface area (Å²) >= 11 is 11.8. The second-order valence-electron chi connectivity index (χ2n) is 3.97. The van der Waals surface area contributed by atoms with Crippen molar-refractivity contribution < 1.29 is 0 Å². The lowest BCUT2D eigenvalue weighted by Crippen LogP contribution is -2.03. The average molecular weight is 294 g/mol. The Kier molecular flexibility index (Phi) is 4.77. The average Bonchev–Trinajstić information content (AvgIpc) is 2.43. The Morgan fingerprint density at radius 2 is 2.11 bits per heavy atom. The molecule has 5 heteroatoms. The number of nitrogens with one attached hydrogen (secondary N) is 1. The lowest BCUT2D eigenvalue weighted by molar-refractivity contribution is 1.02. The van der Waals surface area contributed by atoms with Crippen LogP contribution in [0.5, 0.6) is 0 Å². The monoisotopic (exact) mass is 293 g/mol. The fourth-order valence-corrected chi connectivity index (χ4v) is 2.05. The number of nitrogens with zero attached hydrogens (tertiary/aromatic N) is 2. The van der Waals surface area contributed by atoms with E-state index >= 15 is 0 Å². The molecular weight excluding hydrogens is 281 g/mol. The van der Waals surface area contributed by atoms with E-state index in [4.69, 9.17) is 23.2 Å². The maximum atomic E-state index is 6.35. The number of anilines is 1. The second kappa shape index (κ2) is 6.55. The van der Waals surface area contributed by atoms with Gasteiger partial charge in [0.1, 0.15) is 0 Å². The van der Waals surface area contributed by atoms with Gasteiger partial charge in [-0.2, -0.15) is 5.10 Å². The largest absolute Gasteiger partial charge is 0.365 e. The van der Waals surface area contributed by atoms with Crippen LogP contribution in [0.1, 0.15) is 5.56 Å². The summed E-state index contributed by atoms with van der Waals surface area (Å²) in [5.74, 6) is 0.685. The van der Waals surface area contributed by atoms with Crippen molar-refractivity contribution in [2.75, 3.05) is 11.9 Å². The number of rotatable bonds is 4. The Morgan fingerprint density at radius 3 is 2.89 bits per heavy atom. The minimum Gasteiger partial charge on any atom is -0.365 e. The first-order valence-corrected chi connectivity index (χ1v) is 6.61. The number of halogens is 2. The van der Waals surface area contributed by atoms with E-state index in [0.717, 1.165) is 21.7 Å². The molecule has 0 fully saturated rings. The first kappa shape index (κ1) is 13.8. The molecule has 1 aromatic carbocycles. The van der Waals surface area contributed by atoms with E-state index < -0.39 is 0 Å². The molecule has 0 unspecified atom stereocenters. The van der Waals surface area contributed by atoms with E-state index in [-0.39, 0.29) is 0 Å². The SMILES string of the molecule is Cc1cccc(-c2ccnnc2NCC=CCl)c1Cl. The molecule has 98 valence electrons. The van der Waals surface area contributed by atoms with Crippen molar-refractivity contribution in [3.8, 4) is 11.1 Å². The number of aryl methyl sites for hydroxylation is 1. The highest BCUT2D eigenvalue weighted by Crippen LogP contribution is 2.33. The van der Waals surface area contributed by atoms with E-state index in [0.29, 0.717) is 12.4 Å². The Hall–Kier alpha value is -1.58. The smallest absolute Gasteiger partial charge is 0.156 e. The number of hydrogen-bond acceptors (Lipinski definition) is 3. The maximum Gasteiger partial charge on any atom is 0.156 e. The molecule has 0 saturated carbocycles. The van der Waals surface area contributed by atoms with Gasteiger partial charge in [0.2, 0.25) is 0 Å². The predicted octanol–water partition coefficient (Wildman–Crippen LogP) is 4.27. The van der Waals surface area contributed by atoms with Crippen molar-refractivity contribution in [3.05, 3.63) is 52.7 Å². The molecule has 0 radical (unpaired) electrons. The first-order chi connectivity index (χ1) is 9.24. The van der Waals surface area contributed by atoms with Crippen LogP contribution < -0.4 is 5.32 Å². The quantitative estimate of drug-likeness (QED) is 0.915. The molecule has 0 saturated heterocycles. The van der Waals surface area contributed by atoms with Crippen LogP contribution in [0.25, 0.3) is 11.1 Å². The fourth-order valence-electron chi connectivity index (χ4n) is 1.74. The third-order valence-corrected chi connectivity index (χ3v) is 3.36. The molecule has 0 bridgehead atoms. The van der Waals surface area contributed by atoms with Crippen LogP contribution in [0.3, 0.4) is 0 Å². The predicted molar refractivity (Wildman–Crippen MR) is 80.7 cm³/mol. The minimum atomic E-state index is 0.582. The highest BCUT2D eigenvalue weighted by molar-refractivity contribution is 6.34. The van der Waals surface area contributed by atoms with E-state index in [2.05, 4.69) is 15.5 Å². The summed E-state index contributed by atoms with van der Waals surface area (Å²) in [6, 6.07) is 7.80. The highest BCUT2D eigenvalue weighted by Gasteiger charge is 2.10. The van der Waals surface area contributed by atoms with Gasteiger partial charge in [-0.1, -0.05) is 47.5 Å². The Morgan fingerprint density at radius 1 is 1.26 bits per heavy atom. The molecule has 1 N–H and O–H groups in total. The van der Waals surface area contributed by atoms with Gasteiger partial charge in [-0.25, -0.2) is 0 Å². The summed E-state index contributed by atoms with van der Waals surface area (Å²) in [6.07, 6.45) is 3.44. The van der Waals surface area contributed by atoms with Crippen LogP contribution >= 0.6 is 23.2 Å². The van der Waals surface area contributed by atoms with Crippen molar-refractivity contribution >= 4 is 29.0 Å². The molecule has 0 aliphatic rings. The zero-order valence-electron chi connectivity index (χ0n) is 10.4. The van der Waals surface area contributed by atoms with Gasteiger partial charge in [0, 0.05) is 23.2 Å². The minimum absolute atomic E-state index is 0.582. The van der Waals surface area contributed by atoms with E-state index in [9.17, 15) is 0 Å². The van der Waals surface area contributed by atoms with E-state index in [1.165, 1.54) is 5.54 Å². The van der Waals surface area contributed by atoms with Crippen LogP contribution in [-0.4, -0.2) is 16.7 Å². The summed E-state index contributed by atoms with van der Waals surface area (Å²) in [5.41, 5.74) is 4.35. The summed E-state index contributed by atoms with van der Waals surface area (Å²) in [7, 11) is 0. The van der Waals surface area contributed by atoms with Gasteiger partial charge in [0.25, 0.3) is 0 Å². The van der Waals surface area contributed by atoms with E-state index in [1.807, 2.05) is 31.2 Å². The van der Waals surface area contributed by atoms with Crippen molar-refractivity contribution in [2.45, 2.75) is 6.92 Å². The molecule has 1 heterocycles. The molecule has 0 amide bonds. The molecule has 3 nitrogen and oxygen atoms in total. The molecule has 0 spiro atoms. The van der Waals surface area contributed by atoms with Crippen LogP contribution in [0.2, 0.25) is 5.02 Å². The third-order valence-electron chi connectivity index (χ3n) is 2.68. The van der Waals surface area contributed by atoms with Gasteiger partial charge in [0.15, 0.2) is 5.82 Å². The molecule has 0 aliphatic heterocycles. The third kappa shape index (κ3) is 3.25. The number of hydrogen-bond donors (Lipinski definition) is 1. The molecule has 1 aromatic heterocycles. The zero-order valence-corrected chi connectivity index (χ0v) is 11.9. The first-order valence-electron chi connectivity index (χ1n) is 5.80. The lowest BCUT2D eigenvalue weighted by atomic mass is 10.0. The van der Waals surface area contributed by atoms with Crippen molar-refractivity contribution in [1.82, 2.24) is 10.2 Å². The topological polar surface area (TPSA) is 37.8 Å². The fraction of sp³-hybridized carbons (Fsp3) is 0.143. The van der Waals surface area contributed by atoms with Gasteiger partial charge in [-0.3, -0.25) is 0 Å². The molecular formula is C14H13Cl2N3. The van der Waals surface area contributed by atoms with Crippen molar-refractivity contribution in [1.29, 1.82) is 0 Å². The summed E-state index contributed by atoms with van der Waals surface area (Å²) < 4.78 is 0. The lowest BCUT2D eigenvalue weighted by Gasteiger charge is -2.11. The van der Waals surface area contributed by atoms with Crippen LogP contribution in [0.15, 0.2) is 42.1 Å². The Balaban J connectivity index is 2.41. The summed E-state index contributed by atoms with van der Waals surface area (Å²) in [5, 5.41) is 11.9. The number of benzene rings is 1. The molecule has 0 aliphatic carbocycles. The van der Waals surface area contributed by atoms with Gasteiger partial charge in [-0.05, 0) is 18.6 Å². The van der Waals surface area contributed by atoms with Gasteiger partial charge < -0.3 is 5.32 Å². The van der Waals surface area contributed by atoms with E-state index in [1.54, 1.807) is 12.3 Å². The normalized spacial score (nSPS) is 10.9. The number of aromatic nitrogens is 2. The molecule has 2 rings (SSSR count). The van der Waals surface area contributed by atoms with Crippen molar-refractivity contribution in [2.24, 2.45) is 0 Å². The van der Waals surface area contributed by atoms with Gasteiger partial charge in [0.05, 0.1) is 11.2 Å². The summed E-state index contributed by atoms with van der Waals surface area (Å²) in [6.45, 7) is 2.56. The Bertz CT molecular complexity index is 597. The van der Waals surface area contributed by atoms with Crippen LogP contribution in [-0.2, 0) is 0 Å². The molecule has 0 atom stereocenters. The zero-order chi connectivity index (χ0) is 13.7. The van der Waals surface area contributed by atoms with Gasteiger partial charge >= 0.3 is 0 Å². The second-order valence-corrected chi connectivity index (χ2v) is 4.60. The van der Waals surface area contributed by atoms with Crippen LogP contribution in [0, 0.1) is 6.92 Å². The molecule has 19 heavy (non-hydrogen) atoms. The summed E-state index contributed by atoms with van der Waals surface area (Å²) in [4.78, 5) is 0. The van der Waals surface area contributed by atoms with Crippen molar-refractivity contribution in [3.63, 3.8) is 0 Å². The maximum absolute atomic E-state index is 6.35.